The molecule has 1 heterocycles. The largest absolute Gasteiger partial charge is 0.497 e. The normalized spacial score (nSPS) is 27.0. The number of fused-ring (bicyclic) bond motifs is 1. The first-order chi connectivity index (χ1) is 12.1. The lowest BCUT2D eigenvalue weighted by Crippen LogP contribution is -2.38. The van der Waals surface area contributed by atoms with E-state index < -0.39 is 5.91 Å². The first-order valence-corrected chi connectivity index (χ1v) is 8.74. The Hall–Kier alpha value is -1.89. The zero-order valence-electron chi connectivity index (χ0n) is 14.8. The standard InChI is InChI=1S/C19H26N2O4/c1-13-12-25-18-9-15(19(22)20-23)5-6-16(18)11-21(13)10-14-3-7-17(24-2)8-4-14/h3-4,7-9,13,16,18,23H,5-6,10-12H2,1-2H3,(H,20,22)/t13-,16?,18?/m0/s1. The van der Waals surface area contributed by atoms with E-state index >= 15 is 0 Å². The first kappa shape index (κ1) is 17.9. The summed E-state index contributed by atoms with van der Waals surface area (Å²) in [5.74, 6) is 0.802. The van der Waals surface area contributed by atoms with Gasteiger partial charge in [0, 0.05) is 30.6 Å². The average molecular weight is 346 g/mol. The molecule has 1 aliphatic heterocycles. The summed E-state index contributed by atoms with van der Waals surface area (Å²) in [6.07, 6.45) is 3.37. The Labute approximate surface area is 148 Å². The number of nitrogens with one attached hydrogen (secondary N) is 1. The highest BCUT2D eigenvalue weighted by Gasteiger charge is 2.33. The Morgan fingerprint density at radius 3 is 2.84 bits per heavy atom. The van der Waals surface area contributed by atoms with E-state index in [1.54, 1.807) is 12.6 Å². The second-order valence-electron chi connectivity index (χ2n) is 6.86. The molecule has 2 unspecified atom stereocenters. The summed E-state index contributed by atoms with van der Waals surface area (Å²) in [7, 11) is 1.67. The highest BCUT2D eigenvalue weighted by atomic mass is 16.5. The van der Waals surface area contributed by atoms with Crippen molar-refractivity contribution in [2.45, 2.75) is 38.5 Å². The smallest absolute Gasteiger partial charge is 0.270 e. The number of hydrogen-bond donors (Lipinski definition) is 2. The fourth-order valence-electron chi connectivity index (χ4n) is 3.59. The van der Waals surface area contributed by atoms with E-state index in [2.05, 4.69) is 24.0 Å². The fourth-order valence-corrected chi connectivity index (χ4v) is 3.59. The molecule has 6 heteroatoms. The van der Waals surface area contributed by atoms with Crippen LogP contribution in [0, 0.1) is 5.92 Å². The molecule has 1 amide bonds. The molecule has 0 bridgehead atoms. The first-order valence-electron chi connectivity index (χ1n) is 8.74. The van der Waals surface area contributed by atoms with Crippen molar-refractivity contribution in [3.63, 3.8) is 0 Å². The van der Waals surface area contributed by atoms with Crippen LogP contribution >= 0.6 is 0 Å². The van der Waals surface area contributed by atoms with E-state index in [4.69, 9.17) is 14.7 Å². The molecule has 3 atom stereocenters. The third-order valence-corrected chi connectivity index (χ3v) is 5.17. The number of methoxy groups -OCH3 is 1. The number of ether oxygens (including phenoxy) is 2. The minimum absolute atomic E-state index is 0.0654. The molecule has 0 spiro atoms. The summed E-state index contributed by atoms with van der Waals surface area (Å²) in [5, 5.41) is 8.83. The van der Waals surface area contributed by atoms with E-state index in [1.807, 2.05) is 18.2 Å². The summed E-state index contributed by atoms with van der Waals surface area (Å²) < 4.78 is 11.3. The predicted molar refractivity (Wildman–Crippen MR) is 93.3 cm³/mol. The Balaban J connectivity index is 1.69. The molecule has 1 aromatic rings. The third kappa shape index (κ3) is 4.21. The molecule has 136 valence electrons. The van der Waals surface area contributed by atoms with Crippen LogP contribution in [0.3, 0.4) is 0 Å². The Morgan fingerprint density at radius 1 is 1.40 bits per heavy atom. The number of hydroxylamine groups is 1. The van der Waals surface area contributed by atoms with Gasteiger partial charge >= 0.3 is 0 Å². The van der Waals surface area contributed by atoms with Crippen LogP contribution in [-0.4, -0.2) is 48.4 Å². The number of carbonyl (C=O) groups excluding carboxylic acids is 1. The van der Waals surface area contributed by atoms with Crippen molar-refractivity contribution in [1.29, 1.82) is 0 Å². The van der Waals surface area contributed by atoms with Crippen LogP contribution in [0.4, 0.5) is 0 Å². The molecular weight excluding hydrogens is 320 g/mol. The van der Waals surface area contributed by atoms with Crippen molar-refractivity contribution in [3.05, 3.63) is 41.5 Å². The van der Waals surface area contributed by atoms with Gasteiger partial charge in [0.2, 0.25) is 0 Å². The molecule has 2 N–H and O–H groups in total. The topological polar surface area (TPSA) is 71.0 Å². The maximum atomic E-state index is 11.6. The van der Waals surface area contributed by atoms with Gasteiger partial charge in [0.1, 0.15) is 5.75 Å². The average Bonchev–Trinajstić information content (AvgIpc) is 2.80. The molecular formula is C19H26N2O4. The highest BCUT2D eigenvalue weighted by Crippen LogP contribution is 2.30. The SMILES string of the molecule is COc1ccc(CN2CC3CCC(C(=O)NO)=CC3OC[C@@H]2C)cc1. The van der Waals surface area contributed by atoms with Gasteiger partial charge in [-0.25, -0.2) is 5.48 Å². The highest BCUT2D eigenvalue weighted by molar-refractivity contribution is 5.92. The number of amides is 1. The van der Waals surface area contributed by atoms with Gasteiger partial charge in [-0.15, -0.1) is 0 Å². The number of benzene rings is 1. The van der Waals surface area contributed by atoms with E-state index in [1.165, 1.54) is 5.56 Å². The molecule has 1 aromatic carbocycles. The molecule has 1 fully saturated rings. The van der Waals surface area contributed by atoms with Gasteiger partial charge < -0.3 is 9.47 Å². The second-order valence-corrected chi connectivity index (χ2v) is 6.86. The van der Waals surface area contributed by atoms with Crippen LogP contribution in [0.25, 0.3) is 0 Å². The van der Waals surface area contributed by atoms with E-state index in [0.29, 0.717) is 30.6 Å². The molecule has 0 saturated carbocycles. The lowest BCUT2D eigenvalue weighted by atomic mass is 9.86. The molecule has 0 radical (unpaired) electrons. The van der Waals surface area contributed by atoms with Crippen LogP contribution < -0.4 is 10.2 Å². The number of hydrogen-bond acceptors (Lipinski definition) is 5. The fraction of sp³-hybridized carbons (Fsp3) is 0.526. The monoisotopic (exact) mass is 346 g/mol. The van der Waals surface area contributed by atoms with E-state index in [-0.39, 0.29) is 6.10 Å². The van der Waals surface area contributed by atoms with Gasteiger partial charge in [0.25, 0.3) is 5.91 Å². The zero-order valence-corrected chi connectivity index (χ0v) is 14.8. The maximum absolute atomic E-state index is 11.6. The van der Waals surface area contributed by atoms with Gasteiger partial charge in [-0.3, -0.25) is 14.9 Å². The van der Waals surface area contributed by atoms with Crippen LogP contribution in [0.2, 0.25) is 0 Å². The summed E-state index contributed by atoms with van der Waals surface area (Å²) >= 11 is 0. The summed E-state index contributed by atoms with van der Waals surface area (Å²) in [6.45, 7) is 4.60. The summed E-state index contributed by atoms with van der Waals surface area (Å²) in [4.78, 5) is 14.1. The Kier molecular flexibility index (Phi) is 5.73. The minimum Gasteiger partial charge on any atom is -0.497 e. The molecule has 2 aliphatic rings. The maximum Gasteiger partial charge on any atom is 0.270 e. The van der Waals surface area contributed by atoms with Gasteiger partial charge in [-0.05, 0) is 43.5 Å². The number of rotatable bonds is 4. The van der Waals surface area contributed by atoms with Crippen molar-refractivity contribution < 1.29 is 19.5 Å². The van der Waals surface area contributed by atoms with Crippen LogP contribution in [-0.2, 0) is 16.1 Å². The zero-order chi connectivity index (χ0) is 17.8. The van der Waals surface area contributed by atoms with Gasteiger partial charge in [-0.1, -0.05) is 12.1 Å². The van der Waals surface area contributed by atoms with Gasteiger partial charge in [-0.2, -0.15) is 0 Å². The quantitative estimate of drug-likeness (QED) is 0.645. The van der Waals surface area contributed by atoms with E-state index in [9.17, 15) is 4.79 Å². The summed E-state index contributed by atoms with van der Waals surface area (Å²) in [6, 6.07) is 8.47. The molecule has 1 saturated heterocycles. The van der Waals surface area contributed by atoms with Crippen LogP contribution in [0.15, 0.2) is 35.9 Å². The number of carbonyl (C=O) groups is 1. The molecule has 6 nitrogen and oxygen atoms in total. The molecule has 1 aliphatic carbocycles. The lowest BCUT2D eigenvalue weighted by Gasteiger charge is -2.31. The summed E-state index contributed by atoms with van der Waals surface area (Å²) in [5.41, 5.74) is 3.58. The third-order valence-electron chi connectivity index (χ3n) is 5.17. The number of nitrogens with zero attached hydrogens (tertiary/aromatic N) is 1. The van der Waals surface area contributed by atoms with Crippen LogP contribution in [0.5, 0.6) is 5.75 Å². The van der Waals surface area contributed by atoms with Crippen molar-refractivity contribution in [2.24, 2.45) is 5.92 Å². The second kappa shape index (κ2) is 7.99. The molecule has 0 aromatic heterocycles. The van der Waals surface area contributed by atoms with E-state index in [0.717, 1.165) is 25.3 Å². The lowest BCUT2D eigenvalue weighted by molar-refractivity contribution is -0.125. The van der Waals surface area contributed by atoms with Crippen molar-refractivity contribution in [1.82, 2.24) is 10.4 Å². The van der Waals surface area contributed by atoms with Crippen molar-refractivity contribution in [2.75, 3.05) is 20.3 Å². The van der Waals surface area contributed by atoms with Crippen molar-refractivity contribution in [3.8, 4) is 5.75 Å². The molecule has 3 rings (SSSR count). The van der Waals surface area contributed by atoms with Gasteiger partial charge in [0.15, 0.2) is 0 Å². The van der Waals surface area contributed by atoms with Crippen LogP contribution in [0.1, 0.15) is 25.3 Å². The Morgan fingerprint density at radius 2 is 2.16 bits per heavy atom. The van der Waals surface area contributed by atoms with Crippen molar-refractivity contribution >= 4 is 5.91 Å². The molecule has 25 heavy (non-hydrogen) atoms. The predicted octanol–water partition coefficient (Wildman–Crippen LogP) is 2.13. The minimum atomic E-state index is -0.422. The Bertz CT molecular complexity index is 629. The van der Waals surface area contributed by atoms with Gasteiger partial charge in [0.05, 0.1) is 19.8 Å².